The fourth-order valence-electron chi connectivity index (χ4n) is 3.24. The minimum atomic E-state index is 0.709. The van der Waals surface area contributed by atoms with Crippen molar-refractivity contribution in [3.8, 4) is 0 Å². The normalized spacial score (nSPS) is 23.4. The Hall–Kier alpha value is -0.160. The molecule has 0 heterocycles. The van der Waals surface area contributed by atoms with Crippen molar-refractivity contribution >= 4 is 0 Å². The molecule has 120 valence electrons. The van der Waals surface area contributed by atoms with E-state index in [0.717, 1.165) is 45.2 Å². The lowest BCUT2D eigenvalue weighted by Gasteiger charge is -2.36. The van der Waals surface area contributed by atoms with Gasteiger partial charge in [-0.2, -0.15) is 0 Å². The molecular formula is C16H34N2O2. The summed E-state index contributed by atoms with van der Waals surface area (Å²) in [4.78, 5) is 2.56. The maximum Gasteiger partial charge on any atom is 0.0589 e. The molecule has 1 aliphatic rings. The van der Waals surface area contributed by atoms with Gasteiger partial charge in [0.1, 0.15) is 0 Å². The van der Waals surface area contributed by atoms with Crippen LogP contribution in [-0.2, 0) is 9.47 Å². The molecule has 2 unspecified atom stereocenters. The van der Waals surface area contributed by atoms with Crippen molar-refractivity contribution in [1.82, 2.24) is 10.2 Å². The molecule has 0 aromatic rings. The summed E-state index contributed by atoms with van der Waals surface area (Å²) in [5.74, 6) is 0.795. The molecule has 1 saturated carbocycles. The van der Waals surface area contributed by atoms with Crippen LogP contribution in [0.1, 0.15) is 39.0 Å². The van der Waals surface area contributed by atoms with Gasteiger partial charge in [0.05, 0.1) is 6.61 Å². The monoisotopic (exact) mass is 286 g/mol. The summed E-state index contributed by atoms with van der Waals surface area (Å²) in [6.07, 6.45) is 6.59. The predicted molar refractivity (Wildman–Crippen MR) is 84.2 cm³/mol. The average Bonchev–Trinajstić information content (AvgIpc) is 2.47. The van der Waals surface area contributed by atoms with E-state index in [1.54, 1.807) is 14.2 Å². The van der Waals surface area contributed by atoms with Crippen molar-refractivity contribution in [3.63, 3.8) is 0 Å². The molecule has 0 spiro atoms. The number of methoxy groups -OCH3 is 2. The summed E-state index contributed by atoms with van der Waals surface area (Å²) >= 11 is 0. The number of hydrogen-bond donors (Lipinski definition) is 1. The third kappa shape index (κ3) is 7.02. The van der Waals surface area contributed by atoms with Crippen LogP contribution in [0.25, 0.3) is 0 Å². The van der Waals surface area contributed by atoms with Gasteiger partial charge in [-0.3, -0.25) is 0 Å². The molecule has 1 rings (SSSR count). The van der Waals surface area contributed by atoms with Crippen LogP contribution in [0, 0.1) is 5.92 Å². The molecule has 1 aliphatic carbocycles. The van der Waals surface area contributed by atoms with E-state index >= 15 is 0 Å². The van der Waals surface area contributed by atoms with Gasteiger partial charge in [0.25, 0.3) is 0 Å². The first kappa shape index (κ1) is 17.9. The van der Waals surface area contributed by atoms with E-state index in [4.69, 9.17) is 9.47 Å². The van der Waals surface area contributed by atoms with Gasteiger partial charge in [0.2, 0.25) is 0 Å². The van der Waals surface area contributed by atoms with E-state index in [1.165, 1.54) is 32.2 Å². The van der Waals surface area contributed by atoms with E-state index in [0.29, 0.717) is 6.04 Å². The van der Waals surface area contributed by atoms with Crippen molar-refractivity contribution < 1.29 is 9.47 Å². The Morgan fingerprint density at radius 3 is 2.50 bits per heavy atom. The Morgan fingerprint density at radius 2 is 1.80 bits per heavy atom. The molecule has 1 fully saturated rings. The lowest BCUT2D eigenvalue weighted by molar-refractivity contribution is 0.107. The molecule has 2 atom stereocenters. The van der Waals surface area contributed by atoms with Gasteiger partial charge in [-0.1, -0.05) is 19.8 Å². The molecule has 1 N–H and O–H groups in total. The first-order valence-electron chi connectivity index (χ1n) is 8.25. The van der Waals surface area contributed by atoms with E-state index in [1.807, 2.05) is 0 Å². The van der Waals surface area contributed by atoms with Gasteiger partial charge in [-0.25, -0.2) is 0 Å². The zero-order valence-corrected chi connectivity index (χ0v) is 13.7. The molecule has 0 aliphatic heterocycles. The highest BCUT2D eigenvalue weighted by molar-refractivity contribution is 4.83. The van der Waals surface area contributed by atoms with Crippen LogP contribution >= 0.6 is 0 Å². The van der Waals surface area contributed by atoms with Gasteiger partial charge in [0.15, 0.2) is 0 Å². The summed E-state index contributed by atoms with van der Waals surface area (Å²) in [5.41, 5.74) is 0. The summed E-state index contributed by atoms with van der Waals surface area (Å²) in [6.45, 7) is 8.33. The van der Waals surface area contributed by atoms with E-state index in [2.05, 4.69) is 17.1 Å². The maximum atomic E-state index is 5.25. The third-order valence-corrected chi connectivity index (χ3v) is 4.30. The number of hydrogen-bond acceptors (Lipinski definition) is 4. The maximum absolute atomic E-state index is 5.25. The van der Waals surface area contributed by atoms with E-state index in [-0.39, 0.29) is 0 Å². The number of nitrogens with one attached hydrogen (secondary N) is 1. The molecule has 0 amide bonds. The van der Waals surface area contributed by atoms with Crippen LogP contribution in [-0.4, -0.2) is 64.6 Å². The summed E-state index contributed by atoms with van der Waals surface area (Å²) in [6, 6.07) is 0.709. The molecule has 0 bridgehead atoms. The Morgan fingerprint density at radius 1 is 1.05 bits per heavy atom. The minimum Gasteiger partial charge on any atom is -0.385 e. The summed E-state index contributed by atoms with van der Waals surface area (Å²) < 4.78 is 10.4. The van der Waals surface area contributed by atoms with Crippen molar-refractivity contribution in [1.29, 1.82) is 0 Å². The van der Waals surface area contributed by atoms with Gasteiger partial charge in [-0.05, 0) is 31.7 Å². The highest BCUT2D eigenvalue weighted by Gasteiger charge is 2.25. The Balaban J connectivity index is 2.42. The highest BCUT2D eigenvalue weighted by Crippen LogP contribution is 2.25. The van der Waals surface area contributed by atoms with Crippen LogP contribution in [0.3, 0.4) is 0 Å². The fourth-order valence-corrected chi connectivity index (χ4v) is 3.24. The van der Waals surface area contributed by atoms with Crippen LogP contribution in [0.5, 0.6) is 0 Å². The van der Waals surface area contributed by atoms with Gasteiger partial charge in [-0.15, -0.1) is 0 Å². The van der Waals surface area contributed by atoms with Crippen molar-refractivity contribution in [3.05, 3.63) is 0 Å². The lowest BCUT2D eigenvalue weighted by atomic mass is 9.84. The molecule has 4 nitrogen and oxygen atoms in total. The predicted octanol–water partition coefficient (Wildman–Crippen LogP) is 2.14. The standard InChI is InChI=1S/C16H34N2O2/c1-4-17-16-9-6-5-8-15(16)14-18(11-13-20-3)10-7-12-19-2/h15-17H,4-14H2,1-3H3. The molecule has 0 aromatic carbocycles. The smallest absolute Gasteiger partial charge is 0.0589 e. The second-order valence-corrected chi connectivity index (χ2v) is 5.85. The van der Waals surface area contributed by atoms with Crippen LogP contribution < -0.4 is 5.32 Å². The van der Waals surface area contributed by atoms with Gasteiger partial charge in [0, 0.05) is 46.5 Å². The first-order valence-corrected chi connectivity index (χ1v) is 8.25. The van der Waals surface area contributed by atoms with Crippen molar-refractivity contribution in [2.45, 2.75) is 45.1 Å². The molecular weight excluding hydrogens is 252 g/mol. The van der Waals surface area contributed by atoms with Crippen LogP contribution in [0.2, 0.25) is 0 Å². The van der Waals surface area contributed by atoms with Crippen LogP contribution in [0.4, 0.5) is 0 Å². The summed E-state index contributed by atoms with van der Waals surface area (Å²) in [5, 5.41) is 3.68. The second-order valence-electron chi connectivity index (χ2n) is 5.85. The number of rotatable bonds is 11. The topological polar surface area (TPSA) is 33.7 Å². The Kier molecular flexibility index (Phi) is 10.3. The van der Waals surface area contributed by atoms with E-state index in [9.17, 15) is 0 Å². The minimum absolute atomic E-state index is 0.709. The first-order chi connectivity index (χ1) is 9.81. The molecule has 20 heavy (non-hydrogen) atoms. The van der Waals surface area contributed by atoms with E-state index < -0.39 is 0 Å². The largest absolute Gasteiger partial charge is 0.385 e. The van der Waals surface area contributed by atoms with Crippen molar-refractivity contribution in [2.75, 3.05) is 53.6 Å². The van der Waals surface area contributed by atoms with Crippen LogP contribution in [0.15, 0.2) is 0 Å². The Bertz CT molecular complexity index is 225. The van der Waals surface area contributed by atoms with Gasteiger partial charge >= 0.3 is 0 Å². The third-order valence-electron chi connectivity index (χ3n) is 4.30. The molecule has 0 saturated heterocycles. The molecule has 0 aromatic heterocycles. The number of nitrogens with zero attached hydrogens (tertiary/aromatic N) is 1. The average molecular weight is 286 g/mol. The fraction of sp³-hybridized carbons (Fsp3) is 1.00. The zero-order valence-electron chi connectivity index (χ0n) is 13.7. The lowest BCUT2D eigenvalue weighted by Crippen LogP contribution is -2.45. The van der Waals surface area contributed by atoms with Gasteiger partial charge < -0.3 is 19.7 Å². The van der Waals surface area contributed by atoms with Crippen molar-refractivity contribution in [2.24, 2.45) is 5.92 Å². The SMILES string of the molecule is CCNC1CCCCC1CN(CCCOC)CCOC. The summed E-state index contributed by atoms with van der Waals surface area (Å²) in [7, 11) is 3.57. The second kappa shape index (κ2) is 11.5. The molecule has 4 heteroatoms. The quantitative estimate of drug-likeness (QED) is 0.590. The molecule has 0 radical (unpaired) electrons. The zero-order chi connectivity index (χ0) is 14.6. The highest BCUT2D eigenvalue weighted by atomic mass is 16.5. The number of ether oxygens (including phenoxy) is 2. The Labute approximate surface area is 125 Å².